The Bertz CT molecular complexity index is 263. The molecule has 1 fully saturated rings. The van der Waals surface area contributed by atoms with Crippen LogP contribution in [0.1, 0.15) is 19.8 Å². The van der Waals surface area contributed by atoms with Gasteiger partial charge in [-0.1, -0.05) is 5.16 Å². The Morgan fingerprint density at radius 1 is 1.67 bits per heavy atom. The van der Waals surface area contributed by atoms with Gasteiger partial charge in [-0.15, -0.1) is 0 Å². The van der Waals surface area contributed by atoms with E-state index in [1.807, 2.05) is 0 Å². The lowest BCUT2D eigenvalue weighted by atomic mass is 10.1. The fourth-order valence-electron chi connectivity index (χ4n) is 1.43. The van der Waals surface area contributed by atoms with Gasteiger partial charge in [-0.25, -0.2) is 0 Å². The van der Waals surface area contributed by atoms with Gasteiger partial charge in [0.25, 0.3) is 0 Å². The van der Waals surface area contributed by atoms with E-state index in [-0.39, 0.29) is 24.4 Å². The van der Waals surface area contributed by atoms with Gasteiger partial charge in [0.05, 0.1) is 12.5 Å². The van der Waals surface area contributed by atoms with Crippen LogP contribution in [0.3, 0.4) is 0 Å². The molecule has 0 aliphatic heterocycles. The van der Waals surface area contributed by atoms with Gasteiger partial charge >= 0.3 is 0 Å². The number of hydrogen-bond acceptors (Lipinski definition) is 4. The first-order valence-electron chi connectivity index (χ1n) is 5.00. The van der Waals surface area contributed by atoms with Gasteiger partial charge in [0.1, 0.15) is 0 Å². The summed E-state index contributed by atoms with van der Waals surface area (Å²) in [5.41, 5.74) is 5.36. The molecular formula is C9H17N3O3. The van der Waals surface area contributed by atoms with E-state index >= 15 is 0 Å². The fourth-order valence-corrected chi connectivity index (χ4v) is 1.43. The molecule has 86 valence electrons. The molecule has 1 aliphatic carbocycles. The fraction of sp³-hybridized carbons (Fsp3) is 0.778. The minimum absolute atomic E-state index is 0.0644. The summed E-state index contributed by atoms with van der Waals surface area (Å²) in [5, 5.41) is 20.1. The van der Waals surface area contributed by atoms with E-state index in [1.165, 1.54) is 0 Å². The molecule has 0 aromatic carbocycles. The summed E-state index contributed by atoms with van der Waals surface area (Å²) in [6.45, 7) is 1.84. The van der Waals surface area contributed by atoms with Gasteiger partial charge in [0.15, 0.2) is 5.84 Å². The summed E-state index contributed by atoms with van der Waals surface area (Å²) < 4.78 is 0. The zero-order valence-corrected chi connectivity index (χ0v) is 8.76. The molecule has 0 radical (unpaired) electrons. The van der Waals surface area contributed by atoms with Crippen LogP contribution in [0.2, 0.25) is 0 Å². The van der Waals surface area contributed by atoms with E-state index in [9.17, 15) is 4.79 Å². The van der Waals surface area contributed by atoms with Crippen LogP contribution in [0.5, 0.6) is 0 Å². The molecule has 0 spiro atoms. The molecule has 15 heavy (non-hydrogen) atoms. The van der Waals surface area contributed by atoms with E-state index in [4.69, 9.17) is 16.0 Å². The van der Waals surface area contributed by atoms with Crippen LogP contribution in [-0.2, 0) is 4.79 Å². The highest BCUT2D eigenvalue weighted by molar-refractivity contribution is 6.01. The van der Waals surface area contributed by atoms with Crippen molar-refractivity contribution in [3.8, 4) is 0 Å². The van der Waals surface area contributed by atoms with Crippen LogP contribution in [0.4, 0.5) is 0 Å². The summed E-state index contributed by atoms with van der Waals surface area (Å²) in [7, 11) is 0. The lowest BCUT2D eigenvalue weighted by Gasteiger charge is -2.24. The normalized spacial score (nSPS) is 18.7. The van der Waals surface area contributed by atoms with Crippen molar-refractivity contribution in [2.24, 2.45) is 16.8 Å². The smallest absolute Gasteiger partial charge is 0.233 e. The first-order chi connectivity index (χ1) is 7.11. The quantitative estimate of drug-likeness (QED) is 0.245. The minimum atomic E-state index is -0.637. The molecule has 1 saturated carbocycles. The van der Waals surface area contributed by atoms with Crippen molar-refractivity contribution >= 4 is 11.7 Å². The predicted molar refractivity (Wildman–Crippen MR) is 54.4 cm³/mol. The Hall–Kier alpha value is -1.30. The van der Waals surface area contributed by atoms with E-state index in [0.717, 1.165) is 12.8 Å². The van der Waals surface area contributed by atoms with Crippen LogP contribution < -0.4 is 5.73 Å². The lowest BCUT2D eigenvalue weighted by molar-refractivity contribution is -0.134. The lowest BCUT2D eigenvalue weighted by Crippen LogP contribution is -2.43. The third-order valence-electron chi connectivity index (χ3n) is 2.54. The Kier molecular flexibility index (Phi) is 3.90. The van der Waals surface area contributed by atoms with Crippen molar-refractivity contribution in [1.29, 1.82) is 0 Å². The second-order valence-corrected chi connectivity index (χ2v) is 3.73. The summed E-state index contributed by atoms with van der Waals surface area (Å²) >= 11 is 0. The SMILES string of the molecule is CC(C(=O)N(CCO)C1CC1)C(N)=NO. The maximum absolute atomic E-state index is 11.9. The van der Waals surface area contributed by atoms with Gasteiger partial charge in [0.2, 0.25) is 5.91 Å². The second-order valence-electron chi connectivity index (χ2n) is 3.73. The van der Waals surface area contributed by atoms with Crippen molar-refractivity contribution in [2.75, 3.05) is 13.2 Å². The number of nitrogens with two attached hydrogens (primary N) is 1. The predicted octanol–water partition coefficient (Wildman–Crippen LogP) is -0.648. The van der Waals surface area contributed by atoms with Crippen LogP contribution in [0.25, 0.3) is 0 Å². The first-order valence-corrected chi connectivity index (χ1v) is 5.00. The molecule has 1 atom stereocenters. The number of amides is 1. The van der Waals surface area contributed by atoms with Gasteiger partial charge < -0.3 is 20.9 Å². The molecule has 6 heteroatoms. The van der Waals surface area contributed by atoms with Crippen molar-refractivity contribution in [2.45, 2.75) is 25.8 Å². The molecule has 0 heterocycles. The molecular weight excluding hydrogens is 198 g/mol. The molecule has 0 aromatic rings. The van der Waals surface area contributed by atoms with Crippen molar-refractivity contribution < 1.29 is 15.1 Å². The molecule has 0 aromatic heterocycles. The molecule has 4 N–H and O–H groups in total. The van der Waals surface area contributed by atoms with E-state index < -0.39 is 5.92 Å². The van der Waals surface area contributed by atoms with Crippen molar-refractivity contribution in [3.05, 3.63) is 0 Å². The Labute approximate surface area is 88.4 Å². The average Bonchev–Trinajstić information content (AvgIpc) is 3.06. The van der Waals surface area contributed by atoms with E-state index in [2.05, 4.69) is 5.16 Å². The standard InChI is InChI=1S/C9H17N3O3/c1-6(8(10)11-15)9(14)12(4-5-13)7-2-3-7/h6-7,13,15H,2-5H2,1H3,(H2,10,11). The van der Waals surface area contributed by atoms with E-state index in [0.29, 0.717) is 6.54 Å². The molecule has 6 nitrogen and oxygen atoms in total. The zero-order chi connectivity index (χ0) is 11.4. The molecule has 1 unspecified atom stereocenters. The van der Waals surface area contributed by atoms with Crippen LogP contribution in [0.15, 0.2) is 5.16 Å². The number of carbonyl (C=O) groups excluding carboxylic acids is 1. The highest BCUT2D eigenvalue weighted by Gasteiger charge is 2.35. The van der Waals surface area contributed by atoms with Gasteiger partial charge in [-0.2, -0.15) is 0 Å². The number of carbonyl (C=O) groups is 1. The molecule has 1 aliphatic rings. The van der Waals surface area contributed by atoms with Crippen LogP contribution in [0, 0.1) is 5.92 Å². The third kappa shape index (κ3) is 2.82. The Balaban J connectivity index is 2.62. The third-order valence-corrected chi connectivity index (χ3v) is 2.54. The highest BCUT2D eigenvalue weighted by Crippen LogP contribution is 2.27. The number of rotatable bonds is 5. The molecule has 0 saturated heterocycles. The summed E-state index contributed by atoms with van der Waals surface area (Å²) in [4.78, 5) is 13.5. The number of oxime groups is 1. The van der Waals surface area contributed by atoms with Crippen LogP contribution in [-0.4, -0.2) is 46.1 Å². The summed E-state index contributed by atoms with van der Waals surface area (Å²) in [5.74, 6) is -0.924. The summed E-state index contributed by atoms with van der Waals surface area (Å²) in [6, 6.07) is 0.221. The van der Waals surface area contributed by atoms with E-state index in [1.54, 1.807) is 11.8 Å². The van der Waals surface area contributed by atoms with Gasteiger partial charge in [0, 0.05) is 12.6 Å². The highest BCUT2D eigenvalue weighted by atomic mass is 16.4. The molecule has 1 amide bonds. The number of nitrogens with zero attached hydrogens (tertiary/aromatic N) is 2. The largest absolute Gasteiger partial charge is 0.409 e. The Morgan fingerprint density at radius 2 is 2.27 bits per heavy atom. The number of amidine groups is 1. The molecule has 1 rings (SSSR count). The maximum atomic E-state index is 11.9. The number of hydrogen-bond donors (Lipinski definition) is 3. The zero-order valence-electron chi connectivity index (χ0n) is 8.76. The van der Waals surface area contributed by atoms with Gasteiger partial charge in [-0.3, -0.25) is 4.79 Å². The number of aliphatic hydroxyl groups excluding tert-OH is 1. The average molecular weight is 215 g/mol. The topological polar surface area (TPSA) is 99.2 Å². The Morgan fingerprint density at radius 3 is 2.67 bits per heavy atom. The number of aliphatic hydroxyl groups is 1. The monoisotopic (exact) mass is 215 g/mol. The maximum Gasteiger partial charge on any atom is 0.233 e. The second kappa shape index (κ2) is 4.97. The van der Waals surface area contributed by atoms with Gasteiger partial charge in [-0.05, 0) is 19.8 Å². The first kappa shape index (κ1) is 11.8. The van der Waals surface area contributed by atoms with Crippen molar-refractivity contribution in [1.82, 2.24) is 4.90 Å². The minimum Gasteiger partial charge on any atom is -0.409 e. The molecule has 0 bridgehead atoms. The summed E-state index contributed by atoms with van der Waals surface area (Å²) in [6.07, 6.45) is 1.93. The van der Waals surface area contributed by atoms with Crippen LogP contribution >= 0.6 is 0 Å². The van der Waals surface area contributed by atoms with Crippen molar-refractivity contribution in [3.63, 3.8) is 0 Å².